The van der Waals surface area contributed by atoms with E-state index in [0.29, 0.717) is 24.1 Å². The van der Waals surface area contributed by atoms with Crippen LogP contribution in [0.4, 0.5) is 5.69 Å². The van der Waals surface area contributed by atoms with Gasteiger partial charge in [-0.1, -0.05) is 13.8 Å². The summed E-state index contributed by atoms with van der Waals surface area (Å²) in [5.41, 5.74) is -0.484. The molecule has 0 aliphatic carbocycles. The molecule has 1 aliphatic rings. The van der Waals surface area contributed by atoms with Gasteiger partial charge >= 0.3 is 5.97 Å². The molecule has 0 radical (unpaired) electrons. The van der Waals surface area contributed by atoms with Gasteiger partial charge < -0.3 is 15.0 Å². The molecular weight excluding hydrogens is 398 g/mol. The third-order valence-electron chi connectivity index (χ3n) is 4.35. The van der Waals surface area contributed by atoms with E-state index in [4.69, 9.17) is 4.74 Å². The summed E-state index contributed by atoms with van der Waals surface area (Å²) >= 11 is 1.43. The van der Waals surface area contributed by atoms with Gasteiger partial charge in [0, 0.05) is 30.0 Å². The van der Waals surface area contributed by atoms with Gasteiger partial charge in [0.2, 0.25) is 5.91 Å². The molecule has 9 nitrogen and oxygen atoms in total. The van der Waals surface area contributed by atoms with Crippen LogP contribution in [0.15, 0.2) is 18.2 Å². The SMILES string of the molecule is CCOC(=O)c1cc(C(=O)N2CSC[C@H]2C(=O)NCCC(C)C)cc([N+](=O)[O-])c1. The number of nitrogens with zero attached hydrogens (tertiary/aromatic N) is 2. The zero-order valence-electron chi connectivity index (χ0n) is 16.7. The van der Waals surface area contributed by atoms with Crippen molar-refractivity contribution >= 4 is 35.2 Å². The summed E-state index contributed by atoms with van der Waals surface area (Å²) in [5.74, 6) is -0.355. The van der Waals surface area contributed by atoms with E-state index in [0.717, 1.165) is 18.6 Å². The van der Waals surface area contributed by atoms with Crippen LogP contribution < -0.4 is 5.32 Å². The first-order chi connectivity index (χ1) is 13.7. The molecule has 0 spiro atoms. The molecule has 1 atom stereocenters. The zero-order chi connectivity index (χ0) is 21.6. The first-order valence-electron chi connectivity index (χ1n) is 9.37. The highest BCUT2D eigenvalue weighted by Gasteiger charge is 2.35. The maximum Gasteiger partial charge on any atom is 0.338 e. The highest BCUT2D eigenvalue weighted by Crippen LogP contribution is 2.26. The number of non-ortho nitro benzene ring substituents is 1. The lowest BCUT2D eigenvalue weighted by molar-refractivity contribution is -0.384. The molecule has 0 unspecified atom stereocenters. The van der Waals surface area contributed by atoms with Crippen LogP contribution in [-0.2, 0) is 9.53 Å². The fourth-order valence-electron chi connectivity index (χ4n) is 2.80. The van der Waals surface area contributed by atoms with Crippen LogP contribution in [-0.4, -0.2) is 58.4 Å². The van der Waals surface area contributed by atoms with Gasteiger partial charge in [-0.05, 0) is 25.3 Å². The van der Waals surface area contributed by atoms with Gasteiger partial charge in [0.05, 0.1) is 23.0 Å². The molecule has 0 bridgehead atoms. The van der Waals surface area contributed by atoms with Crippen molar-refractivity contribution in [3.63, 3.8) is 0 Å². The van der Waals surface area contributed by atoms with Gasteiger partial charge in [-0.3, -0.25) is 19.7 Å². The molecule has 29 heavy (non-hydrogen) atoms. The first kappa shape index (κ1) is 22.7. The van der Waals surface area contributed by atoms with E-state index >= 15 is 0 Å². The lowest BCUT2D eigenvalue weighted by Crippen LogP contribution is -2.47. The summed E-state index contributed by atoms with van der Waals surface area (Å²) < 4.78 is 4.89. The van der Waals surface area contributed by atoms with Crippen molar-refractivity contribution in [2.75, 3.05) is 24.8 Å². The molecule has 1 fully saturated rings. The lowest BCUT2D eigenvalue weighted by Gasteiger charge is -2.23. The second-order valence-electron chi connectivity index (χ2n) is 7.01. The number of esters is 1. The van der Waals surface area contributed by atoms with E-state index in [-0.39, 0.29) is 29.3 Å². The van der Waals surface area contributed by atoms with Crippen molar-refractivity contribution in [1.29, 1.82) is 0 Å². The fourth-order valence-corrected chi connectivity index (χ4v) is 3.95. The Morgan fingerprint density at radius 2 is 2.00 bits per heavy atom. The Hall–Kier alpha value is -2.62. The average Bonchev–Trinajstić information content (AvgIpc) is 3.16. The van der Waals surface area contributed by atoms with Gasteiger partial charge in [-0.25, -0.2) is 4.79 Å². The number of carbonyl (C=O) groups is 3. The maximum absolute atomic E-state index is 13.0. The predicted octanol–water partition coefficient (Wildman–Crippen LogP) is 2.45. The molecule has 1 heterocycles. The second-order valence-corrected chi connectivity index (χ2v) is 8.01. The van der Waals surface area contributed by atoms with E-state index in [2.05, 4.69) is 19.2 Å². The van der Waals surface area contributed by atoms with Gasteiger partial charge in [-0.15, -0.1) is 11.8 Å². The summed E-state index contributed by atoms with van der Waals surface area (Å²) in [4.78, 5) is 49.5. The number of nitro groups is 1. The summed E-state index contributed by atoms with van der Waals surface area (Å²) in [7, 11) is 0. The number of carbonyl (C=O) groups excluding carboxylic acids is 3. The van der Waals surface area contributed by atoms with Crippen molar-refractivity contribution in [3.05, 3.63) is 39.4 Å². The van der Waals surface area contributed by atoms with E-state index < -0.39 is 22.8 Å². The van der Waals surface area contributed by atoms with E-state index in [1.165, 1.54) is 22.7 Å². The predicted molar refractivity (Wildman–Crippen MR) is 109 cm³/mol. The monoisotopic (exact) mass is 423 g/mol. The number of ether oxygens (including phenoxy) is 1. The number of thioether (sulfide) groups is 1. The first-order valence-corrected chi connectivity index (χ1v) is 10.5. The van der Waals surface area contributed by atoms with Crippen LogP contribution in [0.1, 0.15) is 47.9 Å². The van der Waals surface area contributed by atoms with Crippen LogP contribution in [0.5, 0.6) is 0 Å². The van der Waals surface area contributed by atoms with Gasteiger partial charge in [0.25, 0.3) is 11.6 Å². The van der Waals surface area contributed by atoms with Crippen molar-refractivity contribution < 1.29 is 24.0 Å². The second kappa shape index (κ2) is 10.2. The number of nitrogens with one attached hydrogen (secondary N) is 1. The Balaban J connectivity index is 2.24. The minimum absolute atomic E-state index is 0.0234. The Morgan fingerprint density at radius 3 is 2.62 bits per heavy atom. The van der Waals surface area contributed by atoms with Gasteiger partial charge in [0.15, 0.2) is 0 Å². The molecule has 0 aromatic heterocycles. The Kier molecular flexibility index (Phi) is 8.00. The summed E-state index contributed by atoms with van der Waals surface area (Å²) in [5, 5.41) is 14.1. The van der Waals surface area contributed by atoms with Crippen molar-refractivity contribution in [2.45, 2.75) is 33.2 Å². The molecule has 1 aliphatic heterocycles. The normalized spacial score (nSPS) is 16.0. The van der Waals surface area contributed by atoms with Crippen molar-refractivity contribution in [3.8, 4) is 0 Å². The number of amides is 2. The minimum Gasteiger partial charge on any atom is -0.462 e. The topological polar surface area (TPSA) is 119 Å². The zero-order valence-corrected chi connectivity index (χ0v) is 17.5. The van der Waals surface area contributed by atoms with Crippen LogP contribution in [0.25, 0.3) is 0 Å². The van der Waals surface area contributed by atoms with E-state index in [1.54, 1.807) is 6.92 Å². The average molecular weight is 423 g/mol. The molecule has 2 amide bonds. The molecule has 1 aromatic carbocycles. The quantitative estimate of drug-likeness (QED) is 0.387. The highest BCUT2D eigenvalue weighted by molar-refractivity contribution is 7.99. The van der Waals surface area contributed by atoms with Crippen LogP contribution >= 0.6 is 11.8 Å². The van der Waals surface area contributed by atoms with Gasteiger partial charge in [0.1, 0.15) is 6.04 Å². The van der Waals surface area contributed by atoms with Crippen molar-refractivity contribution in [1.82, 2.24) is 10.2 Å². The van der Waals surface area contributed by atoms with Crippen LogP contribution in [0.2, 0.25) is 0 Å². The van der Waals surface area contributed by atoms with Crippen molar-refractivity contribution in [2.24, 2.45) is 5.92 Å². The molecule has 1 saturated heterocycles. The van der Waals surface area contributed by atoms with E-state index in [1.807, 2.05) is 0 Å². The summed E-state index contributed by atoms with van der Waals surface area (Å²) in [6.07, 6.45) is 0.827. The number of benzene rings is 1. The third kappa shape index (κ3) is 5.93. The smallest absolute Gasteiger partial charge is 0.338 e. The van der Waals surface area contributed by atoms with E-state index in [9.17, 15) is 24.5 Å². The molecular formula is C19H25N3O6S. The van der Waals surface area contributed by atoms with Crippen LogP contribution in [0, 0.1) is 16.0 Å². The molecule has 1 aromatic rings. The Morgan fingerprint density at radius 1 is 1.31 bits per heavy atom. The molecule has 10 heteroatoms. The number of nitro benzene ring substituents is 1. The fraction of sp³-hybridized carbons (Fsp3) is 0.526. The third-order valence-corrected chi connectivity index (χ3v) is 5.37. The minimum atomic E-state index is -0.746. The summed E-state index contributed by atoms with van der Waals surface area (Å²) in [6, 6.07) is 2.79. The Labute approximate surface area is 173 Å². The van der Waals surface area contributed by atoms with Crippen LogP contribution in [0.3, 0.4) is 0 Å². The molecule has 1 N–H and O–H groups in total. The molecule has 2 rings (SSSR count). The largest absolute Gasteiger partial charge is 0.462 e. The van der Waals surface area contributed by atoms with Gasteiger partial charge in [-0.2, -0.15) is 0 Å². The number of hydrogen-bond acceptors (Lipinski definition) is 7. The molecule has 0 saturated carbocycles. The molecule has 158 valence electrons. The highest BCUT2D eigenvalue weighted by atomic mass is 32.2. The summed E-state index contributed by atoms with van der Waals surface area (Å²) in [6.45, 7) is 6.34. The standard InChI is InChI=1S/C19H25N3O6S/c1-4-28-19(25)14-7-13(8-15(9-14)22(26)27)18(24)21-11-29-10-16(21)17(23)20-6-5-12(2)3/h7-9,12,16H,4-6,10-11H2,1-3H3,(H,20,23)/t16-/m0/s1. The lowest BCUT2D eigenvalue weighted by atomic mass is 10.1. The maximum atomic E-state index is 13.0. The number of hydrogen-bond donors (Lipinski definition) is 1. The Bertz CT molecular complexity index is 798. The number of rotatable bonds is 8.